The van der Waals surface area contributed by atoms with E-state index >= 15 is 0 Å². The standard InChI is InChI=1S/C16H13NO3/c18-14(12-6-2-1-3-7-12)10-11-17-13-8-4-5-9-15(13)20-16(17)19/h1-9H,10-11H2. The van der Waals surface area contributed by atoms with Gasteiger partial charge in [-0.25, -0.2) is 4.79 Å². The highest BCUT2D eigenvalue weighted by molar-refractivity contribution is 5.96. The van der Waals surface area contributed by atoms with Gasteiger partial charge in [0, 0.05) is 18.5 Å². The molecule has 0 aliphatic carbocycles. The molecule has 2 aromatic carbocycles. The maximum Gasteiger partial charge on any atom is 0.419 e. The van der Waals surface area contributed by atoms with Crippen LogP contribution in [0.15, 0.2) is 63.8 Å². The first-order valence-corrected chi connectivity index (χ1v) is 6.42. The molecule has 0 aliphatic rings. The zero-order valence-electron chi connectivity index (χ0n) is 10.8. The highest BCUT2D eigenvalue weighted by Crippen LogP contribution is 2.13. The van der Waals surface area contributed by atoms with Crippen molar-refractivity contribution in [3.63, 3.8) is 0 Å². The molecule has 0 bridgehead atoms. The Morgan fingerprint density at radius 1 is 1.00 bits per heavy atom. The number of carbonyl (C=O) groups is 1. The Morgan fingerprint density at radius 2 is 1.70 bits per heavy atom. The lowest BCUT2D eigenvalue weighted by Gasteiger charge is -2.02. The topological polar surface area (TPSA) is 52.2 Å². The van der Waals surface area contributed by atoms with Crippen molar-refractivity contribution in [1.82, 2.24) is 4.57 Å². The van der Waals surface area contributed by atoms with Crippen LogP contribution in [0.5, 0.6) is 0 Å². The molecule has 0 radical (unpaired) electrons. The number of nitrogens with zero attached hydrogens (tertiary/aromatic N) is 1. The predicted molar refractivity (Wildman–Crippen MR) is 75.9 cm³/mol. The third-order valence-corrected chi connectivity index (χ3v) is 3.23. The Balaban J connectivity index is 1.83. The van der Waals surface area contributed by atoms with E-state index in [0.717, 1.165) is 5.52 Å². The average Bonchev–Trinajstić information content (AvgIpc) is 2.81. The Kier molecular flexibility index (Phi) is 3.21. The lowest BCUT2D eigenvalue weighted by atomic mass is 10.1. The summed E-state index contributed by atoms with van der Waals surface area (Å²) in [5.74, 6) is -0.408. The lowest BCUT2D eigenvalue weighted by molar-refractivity contribution is 0.0977. The molecule has 0 spiro atoms. The second-order valence-electron chi connectivity index (χ2n) is 4.53. The molecular formula is C16H13NO3. The van der Waals surface area contributed by atoms with Crippen LogP contribution in [-0.4, -0.2) is 10.4 Å². The normalized spacial score (nSPS) is 10.8. The molecule has 20 heavy (non-hydrogen) atoms. The van der Waals surface area contributed by atoms with Crippen LogP contribution in [0, 0.1) is 0 Å². The molecule has 4 heteroatoms. The van der Waals surface area contributed by atoms with Crippen LogP contribution in [0.25, 0.3) is 11.1 Å². The largest absolute Gasteiger partial charge is 0.419 e. The zero-order chi connectivity index (χ0) is 13.9. The van der Waals surface area contributed by atoms with E-state index in [1.54, 1.807) is 18.2 Å². The SMILES string of the molecule is O=C(CCn1c(=O)oc2ccccc21)c1ccccc1. The number of aromatic nitrogens is 1. The van der Waals surface area contributed by atoms with Gasteiger partial charge in [-0.05, 0) is 12.1 Å². The molecule has 3 rings (SSSR count). The Labute approximate surface area is 115 Å². The number of Topliss-reactive ketones (excluding diaryl/α,β-unsaturated/α-hetero) is 1. The van der Waals surface area contributed by atoms with Crippen LogP contribution in [0.3, 0.4) is 0 Å². The number of hydrogen-bond donors (Lipinski definition) is 0. The average molecular weight is 267 g/mol. The van der Waals surface area contributed by atoms with E-state index in [0.29, 0.717) is 17.7 Å². The molecule has 0 saturated heterocycles. The molecular weight excluding hydrogens is 254 g/mol. The minimum atomic E-state index is -0.424. The number of oxazole rings is 1. The van der Waals surface area contributed by atoms with E-state index in [-0.39, 0.29) is 12.2 Å². The van der Waals surface area contributed by atoms with Gasteiger partial charge in [-0.2, -0.15) is 0 Å². The number of para-hydroxylation sites is 2. The summed E-state index contributed by atoms with van der Waals surface area (Å²) in [6.07, 6.45) is 0.271. The van der Waals surface area contributed by atoms with Crippen LogP contribution < -0.4 is 5.76 Å². The molecule has 1 aromatic heterocycles. The molecule has 3 aromatic rings. The number of carbonyl (C=O) groups excluding carboxylic acids is 1. The van der Waals surface area contributed by atoms with E-state index in [4.69, 9.17) is 4.42 Å². The molecule has 4 nitrogen and oxygen atoms in total. The van der Waals surface area contributed by atoms with E-state index in [1.165, 1.54) is 4.57 Å². The maximum absolute atomic E-state index is 12.0. The summed E-state index contributed by atoms with van der Waals surface area (Å²) in [6.45, 7) is 0.323. The van der Waals surface area contributed by atoms with Crippen molar-refractivity contribution in [3.8, 4) is 0 Å². The molecule has 0 aliphatic heterocycles. The third-order valence-electron chi connectivity index (χ3n) is 3.23. The number of hydrogen-bond acceptors (Lipinski definition) is 3. The van der Waals surface area contributed by atoms with Crippen LogP contribution in [0.1, 0.15) is 16.8 Å². The molecule has 0 fully saturated rings. The highest BCUT2D eigenvalue weighted by Gasteiger charge is 2.11. The summed E-state index contributed by atoms with van der Waals surface area (Å²) in [5.41, 5.74) is 1.93. The summed E-state index contributed by atoms with van der Waals surface area (Å²) in [6, 6.07) is 16.3. The molecule has 1 heterocycles. The van der Waals surface area contributed by atoms with Crippen molar-refractivity contribution in [2.75, 3.05) is 0 Å². The second kappa shape index (κ2) is 5.17. The minimum absolute atomic E-state index is 0.0165. The molecule has 0 atom stereocenters. The number of rotatable bonds is 4. The van der Waals surface area contributed by atoms with Gasteiger partial charge in [0.1, 0.15) is 0 Å². The third kappa shape index (κ3) is 2.28. The van der Waals surface area contributed by atoms with Gasteiger partial charge >= 0.3 is 5.76 Å². The fraction of sp³-hybridized carbons (Fsp3) is 0.125. The molecule has 0 unspecified atom stereocenters. The molecule has 0 saturated carbocycles. The number of fused-ring (bicyclic) bond motifs is 1. The summed E-state index contributed by atoms with van der Waals surface area (Å²) in [4.78, 5) is 23.8. The first-order chi connectivity index (χ1) is 9.75. The Hall–Kier alpha value is -2.62. The first-order valence-electron chi connectivity index (χ1n) is 6.42. The van der Waals surface area contributed by atoms with Crippen LogP contribution >= 0.6 is 0 Å². The van der Waals surface area contributed by atoms with E-state index in [1.807, 2.05) is 36.4 Å². The van der Waals surface area contributed by atoms with Crippen LogP contribution in [0.4, 0.5) is 0 Å². The van der Waals surface area contributed by atoms with Gasteiger partial charge in [0.25, 0.3) is 0 Å². The van der Waals surface area contributed by atoms with Crippen LogP contribution in [0.2, 0.25) is 0 Å². The van der Waals surface area contributed by atoms with Gasteiger partial charge in [0.15, 0.2) is 11.4 Å². The lowest BCUT2D eigenvalue weighted by Crippen LogP contribution is -2.16. The van der Waals surface area contributed by atoms with E-state index in [9.17, 15) is 9.59 Å². The number of benzene rings is 2. The van der Waals surface area contributed by atoms with E-state index < -0.39 is 5.76 Å². The first kappa shape index (κ1) is 12.4. The minimum Gasteiger partial charge on any atom is -0.408 e. The Bertz CT molecular complexity index is 799. The van der Waals surface area contributed by atoms with Crippen LogP contribution in [-0.2, 0) is 6.54 Å². The fourth-order valence-corrected chi connectivity index (χ4v) is 2.21. The second-order valence-corrected chi connectivity index (χ2v) is 4.53. The van der Waals surface area contributed by atoms with Crippen molar-refractivity contribution in [2.24, 2.45) is 0 Å². The van der Waals surface area contributed by atoms with Crippen molar-refractivity contribution in [3.05, 3.63) is 70.7 Å². The van der Waals surface area contributed by atoms with Gasteiger partial charge in [-0.3, -0.25) is 9.36 Å². The molecule has 0 N–H and O–H groups in total. The van der Waals surface area contributed by atoms with Gasteiger partial charge in [-0.15, -0.1) is 0 Å². The molecule has 100 valence electrons. The summed E-state index contributed by atoms with van der Waals surface area (Å²) >= 11 is 0. The highest BCUT2D eigenvalue weighted by atomic mass is 16.4. The Morgan fingerprint density at radius 3 is 2.50 bits per heavy atom. The monoisotopic (exact) mass is 267 g/mol. The quantitative estimate of drug-likeness (QED) is 0.683. The van der Waals surface area contributed by atoms with Crippen molar-refractivity contribution < 1.29 is 9.21 Å². The summed E-state index contributed by atoms with van der Waals surface area (Å²) < 4.78 is 6.63. The summed E-state index contributed by atoms with van der Waals surface area (Å²) in [7, 11) is 0. The van der Waals surface area contributed by atoms with Crippen molar-refractivity contribution in [1.29, 1.82) is 0 Å². The smallest absolute Gasteiger partial charge is 0.408 e. The number of aryl methyl sites for hydroxylation is 1. The fourth-order valence-electron chi connectivity index (χ4n) is 2.21. The van der Waals surface area contributed by atoms with Gasteiger partial charge < -0.3 is 4.42 Å². The van der Waals surface area contributed by atoms with E-state index in [2.05, 4.69) is 0 Å². The summed E-state index contributed by atoms with van der Waals surface area (Å²) in [5, 5.41) is 0. The van der Waals surface area contributed by atoms with Crippen molar-refractivity contribution >= 4 is 16.9 Å². The van der Waals surface area contributed by atoms with Gasteiger partial charge in [-0.1, -0.05) is 42.5 Å². The number of ketones is 1. The molecule has 0 amide bonds. The van der Waals surface area contributed by atoms with Gasteiger partial charge in [0.05, 0.1) is 5.52 Å². The zero-order valence-corrected chi connectivity index (χ0v) is 10.8. The van der Waals surface area contributed by atoms with Gasteiger partial charge in [0.2, 0.25) is 0 Å². The maximum atomic E-state index is 12.0. The van der Waals surface area contributed by atoms with Crippen molar-refractivity contribution in [2.45, 2.75) is 13.0 Å². The predicted octanol–water partition coefficient (Wildman–Crippen LogP) is 2.87.